The van der Waals surface area contributed by atoms with E-state index in [0.29, 0.717) is 6.04 Å². The lowest BCUT2D eigenvalue weighted by Gasteiger charge is -2.14. The van der Waals surface area contributed by atoms with Gasteiger partial charge in [0.2, 0.25) is 0 Å². The van der Waals surface area contributed by atoms with Gasteiger partial charge in [0.15, 0.2) is 0 Å². The summed E-state index contributed by atoms with van der Waals surface area (Å²) in [6.07, 6.45) is 2.22. The highest BCUT2D eigenvalue weighted by atomic mass is 19.1. The van der Waals surface area contributed by atoms with Crippen LogP contribution in [0.3, 0.4) is 0 Å². The van der Waals surface area contributed by atoms with Gasteiger partial charge in [-0.25, -0.2) is 4.39 Å². The molecule has 0 aliphatic heterocycles. The quantitative estimate of drug-likeness (QED) is 0.524. The Morgan fingerprint density at radius 2 is 1.65 bits per heavy atom. The van der Waals surface area contributed by atoms with Crippen molar-refractivity contribution in [1.29, 1.82) is 0 Å². The topological polar surface area (TPSA) is 4.93 Å². The minimum atomic E-state index is -0.204. The van der Waals surface area contributed by atoms with E-state index in [2.05, 4.69) is 62.6 Å². The first-order chi connectivity index (χ1) is 11.0. The van der Waals surface area contributed by atoms with Gasteiger partial charge in [0.05, 0.1) is 0 Å². The van der Waals surface area contributed by atoms with Crippen LogP contribution >= 0.6 is 0 Å². The van der Waals surface area contributed by atoms with Crippen LogP contribution in [0.4, 0.5) is 4.39 Å². The fourth-order valence-electron chi connectivity index (χ4n) is 3.17. The zero-order chi connectivity index (χ0) is 16.6. The van der Waals surface area contributed by atoms with E-state index >= 15 is 0 Å². The molecule has 0 saturated carbocycles. The molecule has 2 aromatic carbocycles. The Kier molecular flexibility index (Phi) is 4.08. The summed E-state index contributed by atoms with van der Waals surface area (Å²) < 4.78 is 15.7. The van der Waals surface area contributed by atoms with Gasteiger partial charge < -0.3 is 4.57 Å². The number of fused-ring (bicyclic) bond motifs is 1. The van der Waals surface area contributed by atoms with Crippen LogP contribution in [0.1, 0.15) is 39.4 Å². The smallest absolute Gasteiger partial charge is 0.123 e. The third-order valence-electron chi connectivity index (χ3n) is 4.02. The van der Waals surface area contributed by atoms with Crippen molar-refractivity contribution in [3.63, 3.8) is 0 Å². The van der Waals surface area contributed by atoms with Gasteiger partial charge in [-0.05, 0) is 57.5 Å². The van der Waals surface area contributed by atoms with Gasteiger partial charge in [-0.3, -0.25) is 0 Å². The lowest BCUT2D eigenvalue weighted by molar-refractivity contribution is 0.618. The summed E-state index contributed by atoms with van der Waals surface area (Å²) in [7, 11) is 0. The highest BCUT2D eigenvalue weighted by molar-refractivity contribution is 6.01. The predicted molar refractivity (Wildman–Crippen MR) is 97.0 cm³/mol. The van der Waals surface area contributed by atoms with Crippen LogP contribution in [-0.4, -0.2) is 4.57 Å². The minimum Gasteiger partial charge on any atom is -0.338 e. The first kappa shape index (κ1) is 15.5. The highest BCUT2D eigenvalue weighted by Gasteiger charge is 2.18. The molecule has 0 atom stereocenters. The number of hydrogen-bond donors (Lipinski definition) is 0. The van der Waals surface area contributed by atoms with Crippen LogP contribution in [0.2, 0.25) is 0 Å². The third-order valence-corrected chi connectivity index (χ3v) is 4.02. The molecule has 1 aromatic heterocycles. The van der Waals surface area contributed by atoms with Gasteiger partial charge in [-0.2, -0.15) is 0 Å². The first-order valence-electron chi connectivity index (χ1n) is 8.03. The predicted octanol–water partition coefficient (Wildman–Crippen LogP) is 6.45. The summed E-state index contributed by atoms with van der Waals surface area (Å²) in [5.74, 6) is -0.204. The number of benzene rings is 2. The summed E-state index contributed by atoms with van der Waals surface area (Å²) in [5, 5.41) is 1.21. The number of halogens is 1. The molecule has 0 fully saturated rings. The Balaban J connectivity index is 2.43. The molecule has 0 radical (unpaired) electrons. The average molecular weight is 307 g/mol. The number of hydrogen-bond acceptors (Lipinski definition) is 0. The van der Waals surface area contributed by atoms with E-state index in [1.165, 1.54) is 39.9 Å². The molecule has 118 valence electrons. The Morgan fingerprint density at radius 1 is 1.00 bits per heavy atom. The molecule has 0 spiro atoms. The van der Waals surface area contributed by atoms with E-state index in [1.807, 2.05) is 12.1 Å². The molecule has 0 unspecified atom stereocenters. The van der Waals surface area contributed by atoms with Crippen LogP contribution in [0.15, 0.2) is 54.1 Å². The van der Waals surface area contributed by atoms with E-state index in [4.69, 9.17) is 0 Å². The minimum absolute atomic E-state index is 0.204. The largest absolute Gasteiger partial charge is 0.338 e. The van der Waals surface area contributed by atoms with Gasteiger partial charge in [-0.15, -0.1) is 0 Å². The first-order valence-corrected chi connectivity index (χ1v) is 8.03. The third kappa shape index (κ3) is 2.81. The lowest BCUT2D eigenvalue weighted by atomic mass is 10.0. The molecular weight excluding hydrogens is 285 g/mol. The maximum atomic E-state index is 13.3. The monoisotopic (exact) mass is 307 g/mol. The number of rotatable bonds is 3. The van der Waals surface area contributed by atoms with Crippen molar-refractivity contribution in [1.82, 2.24) is 4.57 Å². The van der Waals surface area contributed by atoms with Gasteiger partial charge in [-0.1, -0.05) is 35.9 Å². The molecule has 3 aromatic rings. The van der Waals surface area contributed by atoms with Gasteiger partial charge in [0.25, 0.3) is 0 Å². The lowest BCUT2D eigenvalue weighted by Crippen LogP contribution is -2.03. The standard InChI is InChI=1S/C21H22FN/c1-14(2)13-20-21(16-9-11-17(22)12-10-16)18-7-5-6-8-19(18)23(20)15(3)4/h5-13,15H,1-4H3. The molecule has 1 heterocycles. The summed E-state index contributed by atoms with van der Waals surface area (Å²) in [6.45, 7) is 8.61. The molecule has 1 nitrogen and oxygen atoms in total. The molecule has 0 aliphatic rings. The zero-order valence-electron chi connectivity index (χ0n) is 14.1. The maximum Gasteiger partial charge on any atom is 0.123 e. The Bertz CT molecular complexity index is 863. The van der Waals surface area contributed by atoms with E-state index < -0.39 is 0 Å². The summed E-state index contributed by atoms with van der Waals surface area (Å²) in [6, 6.07) is 15.6. The second kappa shape index (κ2) is 6.04. The van der Waals surface area contributed by atoms with E-state index in [0.717, 1.165) is 5.56 Å². The van der Waals surface area contributed by atoms with Crippen LogP contribution in [-0.2, 0) is 0 Å². The van der Waals surface area contributed by atoms with Crippen LogP contribution < -0.4 is 0 Å². The van der Waals surface area contributed by atoms with Crippen LogP contribution in [0, 0.1) is 5.82 Å². The van der Waals surface area contributed by atoms with Crippen LogP contribution in [0.5, 0.6) is 0 Å². The van der Waals surface area contributed by atoms with E-state index in [1.54, 1.807) is 0 Å². The Hall–Kier alpha value is -2.35. The van der Waals surface area contributed by atoms with Gasteiger partial charge in [0.1, 0.15) is 5.82 Å². The molecule has 0 saturated heterocycles. The summed E-state index contributed by atoms with van der Waals surface area (Å²) in [4.78, 5) is 0. The van der Waals surface area contributed by atoms with Crippen LogP contribution in [0.25, 0.3) is 28.1 Å². The molecule has 0 aliphatic carbocycles. The van der Waals surface area contributed by atoms with Crippen molar-refractivity contribution >= 4 is 17.0 Å². The number of aromatic nitrogens is 1. The molecule has 2 heteroatoms. The number of allylic oxidation sites excluding steroid dienone is 1. The molecule has 23 heavy (non-hydrogen) atoms. The van der Waals surface area contributed by atoms with Crippen molar-refractivity contribution < 1.29 is 4.39 Å². The second-order valence-corrected chi connectivity index (χ2v) is 6.47. The summed E-state index contributed by atoms with van der Waals surface area (Å²) in [5.41, 5.74) is 5.88. The molecule has 0 bridgehead atoms. The van der Waals surface area contributed by atoms with Crippen molar-refractivity contribution in [3.05, 3.63) is 65.6 Å². The van der Waals surface area contributed by atoms with Gasteiger partial charge in [0, 0.05) is 28.2 Å². The zero-order valence-corrected chi connectivity index (χ0v) is 14.1. The fraction of sp³-hybridized carbons (Fsp3) is 0.238. The average Bonchev–Trinajstić information content (AvgIpc) is 2.81. The molecule has 0 N–H and O–H groups in total. The molecule has 0 amide bonds. The summed E-state index contributed by atoms with van der Waals surface area (Å²) >= 11 is 0. The maximum absolute atomic E-state index is 13.3. The fourth-order valence-corrected chi connectivity index (χ4v) is 3.17. The van der Waals surface area contributed by atoms with Gasteiger partial charge >= 0.3 is 0 Å². The normalized spacial score (nSPS) is 11.2. The Labute approximate surface area is 137 Å². The SMILES string of the molecule is CC(C)=Cc1c(-c2ccc(F)cc2)c2ccccc2n1C(C)C. The Morgan fingerprint density at radius 3 is 2.26 bits per heavy atom. The molecule has 3 rings (SSSR count). The van der Waals surface area contributed by atoms with Crippen molar-refractivity contribution in [3.8, 4) is 11.1 Å². The van der Waals surface area contributed by atoms with E-state index in [-0.39, 0.29) is 5.82 Å². The highest BCUT2D eigenvalue weighted by Crippen LogP contribution is 2.38. The van der Waals surface area contributed by atoms with Crippen molar-refractivity contribution in [2.45, 2.75) is 33.7 Å². The number of nitrogens with zero attached hydrogens (tertiary/aromatic N) is 1. The van der Waals surface area contributed by atoms with E-state index in [9.17, 15) is 4.39 Å². The second-order valence-electron chi connectivity index (χ2n) is 6.47. The molecular formula is C21H22FN. The van der Waals surface area contributed by atoms with Crippen molar-refractivity contribution in [2.24, 2.45) is 0 Å². The van der Waals surface area contributed by atoms with Crippen molar-refractivity contribution in [2.75, 3.05) is 0 Å². The number of para-hydroxylation sites is 1.